The molecule has 154 valence electrons. The van der Waals surface area contributed by atoms with Crippen molar-refractivity contribution in [3.63, 3.8) is 0 Å². The van der Waals surface area contributed by atoms with Crippen LogP contribution >= 0.6 is 0 Å². The molecule has 3 heterocycles. The second kappa shape index (κ2) is 6.70. The number of rotatable bonds is 4. The number of oxime groups is 1. The van der Waals surface area contributed by atoms with Crippen molar-refractivity contribution in [2.24, 2.45) is 17.0 Å². The Hall–Kier alpha value is -2.65. The van der Waals surface area contributed by atoms with Crippen molar-refractivity contribution in [2.75, 3.05) is 6.61 Å². The summed E-state index contributed by atoms with van der Waals surface area (Å²) in [5.41, 5.74) is 0.370. The Bertz CT molecular complexity index is 1070. The molecule has 9 nitrogen and oxygen atoms in total. The number of hydrogen-bond donors (Lipinski definition) is 1. The summed E-state index contributed by atoms with van der Waals surface area (Å²) in [5, 5.41) is 15.2. The van der Waals surface area contributed by atoms with E-state index in [1.165, 1.54) is 9.36 Å². The van der Waals surface area contributed by atoms with E-state index in [1.807, 2.05) is 19.9 Å². The van der Waals surface area contributed by atoms with Crippen LogP contribution in [0.1, 0.15) is 26.3 Å². The fraction of sp³-hybridized carbons (Fsp3) is 0.550. The van der Waals surface area contributed by atoms with E-state index in [1.54, 1.807) is 24.3 Å². The van der Waals surface area contributed by atoms with E-state index in [4.69, 9.17) is 9.57 Å². The molecular weight excluding hydrogens is 376 g/mol. The molecule has 1 aliphatic carbocycles. The molecule has 0 unspecified atom stereocenters. The van der Waals surface area contributed by atoms with E-state index in [0.717, 1.165) is 10.3 Å². The van der Waals surface area contributed by atoms with Gasteiger partial charge >= 0.3 is 11.4 Å². The van der Waals surface area contributed by atoms with Crippen LogP contribution in [0.15, 0.2) is 45.1 Å². The molecule has 5 rings (SSSR count). The summed E-state index contributed by atoms with van der Waals surface area (Å²) in [6.07, 6.45) is -1.00. The minimum Gasteiger partial charge on any atom is -0.395 e. The predicted octanol–water partition coefficient (Wildman–Crippen LogP) is 0.532. The smallest absolute Gasteiger partial charge is 0.352 e. The Morgan fingerprint density at radius 1 is 1.24 bits per heavy atom. The molecule has 2 aliphatic heterocycles. The summed E-state index contributed by atoms with van der Waals surface area (Å²) in [7, 11) is 0. The lowest BCUT2D eigenvalue weighted by molar-refractivity contribution is 0.0319. The minimum atomic E-state index is -0.885. The van der Waals surface area contributed by atoms with Gasteiger partial charge in [-0.05, 0) is 24.5 Å². The molecule has 3 aliphatic rings. The van der Waals surface area contributed by atoms with Gasteiger partial charge in [-0.1, -0.05) is 37.2 Å². The first-order valence-electron chi connectivity index (χ1n) is 10.0. The average molecular weight is 400 g/mol. The zero-order chi connectivity index (χ0) is 20.3. The highest BCUT2D eigenvalue weighted by Gasteiger charge is 2.61. The number of nitrogens with zero attached hydrogens (tertiary/aromatic N) is 4. The van der Waals surface area contributed by atoms with Crippen LogP contribution in [0.4, 0.5) is 0 Å². The fourth-order valence-corrected chi connectivity index (χ4v) is 4.50. The first-order valence-corrected chi connectivity index (χ1v) is 10.0. The molecular formula is C20H24N4O5. The molecule has 5 atom stereocenters. The van der Waals surface area contributed by atoms with Gasteiger partial charge in [0.15, 0.2) is 0 Å². The third kappa shape index (κ3) is 2.79. The summed E-state index contributed by atoms with van der Waals surface area (Å²) in [6, 6.07) is 8.21. The Kier molecular flexibility index (Phi) is 4.25. The molecule has 1 saturated heterocycles. The summed E-state index contributed by atoms with van der Waals surface area (Å²) < 4.78 is 9.63. The van der Waals surface area contributed by atoms with Crippen LogP contribution in [-0.4, -0.2) is 49.7 Å². The third-order valence-electron chi connectivity index (χ3n) is 5.88. The largest absolute Gasteiger partial charge is 0.395 e. The van der Waals surface area contributed by atoms with Gasteiger partial charge in [0.1, 0.15) is 24.9 Å². The van der Waals surface area contributed by atoms with E-state index in [0.29, 0.717) is 31.2 Å². The lowest BCUT2D eigenvalue weighted by atomic mass is 9.78. The Morgan fingerprint density at radius 3 is 2.72 bits per heavy atom. The number of hydrogen-bond acceptors (Lipinski definition) is 6. The zero-order valence-electron chi connectivity index (χ0n) is 16.3. The molecule has 1 aromatic carbocycles. The monoisotopic (exact) mass is 400 g/mol. The summed E-state index contributed by atoms with van der Waals surface area (Å²) in [4.78, 5) is 31.7. The molecule has 2 aromatic rings. The van der Waals surface area contributed by atoms with Crippen LogP contribution < -0.4 is 11.4 Å². The lowest BCUT2D eigenvalue weighted by Crippen LogP contribution is -2.53. The van der Waals surface area contributed by atoms with Crippen molar-refractivity contribution < 1.29 is 14.7 Å². The summed E-state index contributed by atoms with van der Waals surface area (Å²) >= 11 is 0. The van der Waals surface area contributed by atoms with E-state index < -0.39 is 29.6 Å². The molecule has 29 heavy (non-hydrogen) atoms. The Morgan fingerprint density at radius 2 is 2.00 bits per heavy atom. The number of ether oxygens (including phenoxy) is 1. The minimum absolute atomic E-state index is 0.218. The maximum atomic E-state index is 13.2. The maximum absolute atomic E-state index is 13.2. The van der Waals surface area contributed by atoms with Crippen LogP contribution in [0, 0.1) is 11.8 Å². The summed E-state index contributed by atoms with van der Waals surface area (Å²) in [5.74, 6) is 0.115. The second-order valence-corrected chi connectivity index (χ2v) is 8.31. The van der Waals surface area contributed by atoms with Crippen LogP contribution in [-0.2, 0) is 16.1 Å². The standard InChI is InChI=1S/C20H24N4O5/c1-11(2)10-28-21-14-13-8-9-22-19(26)23(12-6-4-3-5-7-12)20(27)24(22)15(13)16(25)18-17(14)29-18/h3-7,11,13,15-18,25H,8-10H2,1-2H3/b21-14-/t13-,15-,16+,17-,18+/m1/s1. The van der Waals surface area contributed by atoms with Gasteiger partial charge in [0.2, 0.25) is 0 Å². The van der Waals surface area contributed by atoms with Crippen molar-refractivity contribution in [3.8, 4) is 5.69 Å². The number of aliphatic hydroxyl groups is 1. The SMILES string of the molecule is CC(C)CO/N=C1/[C@H]2CCn3c(=O)n(-c4ccccc4)c(=O)n3[C@H]2[C@H](O)[C@@H]2O[C@H]12. The third-order valence-corrected chi connectivity index (χ3v) is 5.88. The molecule has 1 N–H and O–H groups in total. The Labute approximate surface area is 166 Å². The molecule has 2 fully saturated rings. The van der Waals surface area contributed by atoms with Gasteiger partial charge < -0.3 is 14.7 Å². The highest BCUT2D eigenvalue weighted by Crippen LogP contribution is 2.46. The number of benzene rings is 1. The molecule has 0 bridgehead atoms. The first-order chi connectivity index (χ1) is 14.0. The number of aromatic nitrogens is 3. The maximum Gasteiger partial charge on any atom is 0.352 e. The second-order valence-electron chi connectivity index (χ2n) is 8.31. The number of aliphatic hydroxyl groups excluding tert-OH is 1. The first kappa shape index (κ1) is 18.4. The zero-order valence-corrected chi connectivity index (χ0v) is 16.3. The van der Waals surface area contributed by atoms with Crippen molar-refractivity contribution in [2.45, 2.75) is 51.2 Å². The topological polar surface area (TPSA) is 103 Å². The lowest BCUT2D eigenvalue weighted by Gasteiger charge is -2.38. The van der Waals surface area contributed by atoms with Crippen LogP contribution in [0.2, 0.25) is 0 Å². The van der Waals surface area contributed by atoms with E-state index in [2.05, 4.69) is 5.16 Å². The van der Waals surface area contributed by atoms with Crippen molar-refractivity contribution in [1.29, 1.82) is 0 Å². The molecule has 0 radical (unpaired) electrons. The summed E-state index contributed by atoms with van der Waals surface area (Å²) in [6.45, 7) is 4.92. The van der Waals surface area contributed by atoms with Crippen LogP contribution in [0.5, 0.6) is 0 Å². The van der Waals surface area contributed by atoms with Gasteiger partial charge in [0.25, 0.3) is 0 Å². The Balaban J connectivity index is 1.59. The molecule has 9 heteroatoms. The molecule has 1 aromatic heterocycles. The normalized spacial score (nSPS) is 31.3. The van der Waals surface area contributed by atoms with Crippen LogP contribution in [0.3, 0.4) is 0 Å². The van der Waals surface area contributed by atoms with Gasteiger partial charge in [0, 0.05) is 12.5 Å². The van der Waals surface area contributed by atoms with Crippen molar-refractivity contribution in [1.82, 2.24) is 13.9 Å². The van der Waals surface area contributed by atoms with Gasteiger partial charge in [-0.3, -0.25) is 0 Å². The predicted molar refractivity (Wildman–Crippen MR) is 104 cm³/mol. The van der Waals surface area contributed by atoms with Gasteiger partial charge in [0.05, 0.1) is 17.4 Å². The highest BCUT2D eigenvalue weighted by atomic mass is 16.6. The fourth-order valence-electron chi connectivity index (χ4n) is 4.50. The highest BCUT2D eigenvalue weighted by molar-refractivity contribution is 5.94. The molecule has 0 amide bonds. The van der Waals surface area contributed by atoms with Gasteiger partial charge in [-0.15, -0.1) is 0 Å². The van der Waals surface area contributed by atoms with E-state index >= 15 is 0 Å². The van der Waals surface area contributed by atoms with Gasteiger partial charge in [-0.25, -0.2) is 23.5 Å². The van der Waals surface area contributed by atoms with Crippen molar-refractivity contribution >= 4 is 5.71 Å². The molecule has 0 spiro atoms. The number of fused-ring (bicyclic) bond motifs is 4. The number of epoxide rings is 1. The van der Waals surface area contributed by atoms with E-state index in [9.17, 15) is 14.7 Å². The number of para-hydroxylation sites is 1. The average Bonchev–Trinajstić information content (AvgIpc) is 3.46. The van der Waals surface area contributed by atoms with Crippen molar-refractivity contribution in [3.05, 3.63) is 51.3 Å². The quantitative estimate of drug-likeness (QED) is 0.596. The molecule has 1 saturated carbocycles. The van der Waals surface area contributed by atoms with Crippen LogP contribution in [0.25, 0.3) is 5.69 Å². The van der Waals surface area contributed by atoms with E-state index in [-0.39, 0.29) is 12.0 Å². The van der Waals surface area contributed by atoms with Gasteiger partial charge in [-0.2, -0.15) is 0 Å².